The van der Waals surface area contributed by atoms with Crippen LogP contribution in [-0.2, 0) is 0 Å². The molecule has 0 radical (unpaired) electrons. The molecule has 1 aromatic heterocycles. The summed E-state index contributed by atoms with van der Waals surface area (Å²) in [5.41, 5.74) is 0. The average molecular weight is 244 g/mol. The molecule has 0 N–H and O–H groups in total. The molecule has 3 heteroatoms. The highest BCUT2D eigenvalue weighted by molar-refractivity contribution is 7.26. The highest BCUT2D eigenvalue weighted by atomic mass is 32.1. The highest BCUT2D eigenvalue weighted by Crippen LogP contribution is 2.31. The smallest absolute Gasteiger partial charge is 0.0391 e. The van der Waals surface area contributed by atoms with Gasteiger partial charge in [0.15, 0.2) is 0 Å². The fraction of sp³-hybridized carbons (Fsp3) is 0. The Kier molecular flexibility index (Phi) is 2.05. The lowest BCUT2D eigenvalue weighted by Gasteiger charge is -2.01. The van der Waals surface area contributed by atoms with Crippen molar-refractivity contribution >= 4 is 62.4 Å². The Labute approximate surface area is 98.8 Å². The molecule has 3 aromatic rings. The Morgan fingerprint density at radius 2 is 1.67 bits per heavy atom. The predicted molar refractivity (Wildman–Crippen MR) is 78.5 cm³/mol. The van der Waals surface area contributed by atoms with Crippen LogP contribution < -0.4 is 10.4 Å². The number of hydrogen-bond donors (Lipinski definition) is 0. The third-order valence-electron chi connectivity index (χ3n) is 3.07. The van der Waals surface area contributed by atoms with Crippen LogP contribution in [0.15, 0.2) is 36.4 Å². The molecule has 0 unspecified atom stereocenters. The molecule has 0 amide bonds. The first kappa shape index (κ1) is 9.33. The summed E-state index contributed by atoms with van der Waals surface area (Å²) in [6, 6.07) is 13.4. The standard InChI is InChI=1S/C12H12SSi2/c14-10-6-5-9-11(12(10)15)7-3-1-2-4-8(7)13-9/h1-6H,14-15H3. The molecular formula is C12H12SSi2. The fourth-order valence-corrected chi connectivity index (χ4v) is 4.56. The van der Waals surface area contributed by atoms with Gasteiger partial charge >= 0.3 is 0 Å². The normalized spacial score (nSPS) is 11.7. The summed E-state index contributed by atoms with van der Waals surface area (Å²) in [7, 11) is 2.34. The molecular weight excluding hydrogens is 232 g/mol. The molecule has 0 bridgehead atoms. The lowest BCUT2D eigenvalue weighted by molar-refractivity contribution is 1.87. The van der Waals surface area contributed by atoms with Crippen LogP contribution in [0.5, 0.6) is 0 Å². The van der Waals surface area contributed by atoms with Crippen molar-refractivity contribution in [3.05, 3.63) is 36.4 Å². The van der Waals surface area contributed by atoms with Gasteiger partial charge in [-0.3, -0.25) is 0 Å². The van der Waals surface area contributed by atoms with E-state index < -0.39 is 0 Å². The Bertz CT molecular complexity index is 655. The van der Waals surface area contributed by atoms with E-state index in [0.717, 1.165) is 0 Å². The summed E-state index contributed by atoms with van der Waals surface area (Å²) in [6.45, 7) is 0. The maximum absolute atomic E-state index is 2.31. The highest BCUT2D eigenvalue weighted by Gasteiger charge is 2.07. The molecule has 74 valence electrons. The fourth-order valence-electron chi connectivity index (χ4n) is 2.09. The van der Waals surface area contributed by atoms with E-state index in [1.54, 1.807) is 10.4 Å². The molecule has 0 atom stereocenters. The number of rotatable bonds is 0. The summed E-state index contributed by atoms with van der Waals surface area (Å²) in [5.74, 6) is 0. The van der Waals surface area contributed by atoms with Crippen molar-refractivity contribution in [3.63, 3.8) is 0 Å². The van der Waals surface area contributed by atoms with Crippen molar-refractivity contribution in [1.82, 2.24) is 0 Å². The molecule has 0 aliphatic rings. The van der Waals surface area contributed by atoms with E-state index in [-0.39, 0.29) is 0 Å². The minimum Gasteiger partial charge on any atom is -0.135 e. The van der Waals surface area contributed by atoms with Crippen LogP contribution in [0.2, 0.25) is 0 Å². The van der Waals surface area contributed by atoms with Crippen LogP contribution >= 0.6 is 11.3 Å². The van der Waals surface area contributed by atoms with Gasteiger partial charge in [0.2, 0.25) is 0 Å². The Morgan fingerprint density at radius 1 is 0.867 bits per heavy atom. The van der Waals surface area contributed by atoms with Crippen LogP contribution in [-0.4, -0.2) is 20.5 Å². The second-order valence-electron chi connectivity index (χ2n) is 3.98. The predicted octanol–water partition coefficient (Wildman–Crippen LogP) is 0.0359. The van der Waals surface area contributed by atoms with Crippen LogP contribution in [0.4, 0.5) is 0 Å². The van der Waals surface area contributed by atoms with Gasteiger partial charge in [-0.15, -0.1) is 11.3 Å². The Hall–Kier alpha value is -0.906. The van der Waals surface area contributed by atoms with Gasteiger partial charge in [0, 0.05) is 35.3 Å². The minimum atomic E-state index is 1.17. The lowest BCUT2D eigenvalue weighted by atomic mass is 10.1. The molecule has 0 fully saturated rings. The summed E-state index contributed by atoms with van der Waals surface area (Å²) in [5, 5.41) is 6.20. The summed E-state index contributed by atoms with van der Waals surface area (Å²) >= 11 is 1.92. The second-order valence-corrected chi connectivity index (χ2v) is 7.14. The van der Waals surface area contributed by atoms with E-state index in [1.165, 1.54) is 40.7 Å². The van der Waals surface area contributed by atoms with E-state index in [9.17, 15) is 0 Å². The SMILES string of the molecule is [SiH3]c1ccc2sc3ccccc3c2c1[SiH3]. The van der Waals surface area contributed by atoms with E-state index in [2.05, 4.69) is 36.4 Å². The van der Waals surface area contributed by atoms with Gasteiger partial charge in [0.1, 0.15) is 0 Å². The molecule has 0 nitrogen and oxygen atoms in total. The number of hydrogen-bond acceptors (Lipinski definition) is 1. The molecule has 15 heavy (non-hydrogen) atoms. The van der Waals surface area contributed by atoms with Crippen molar-refractivity contribution in [1.29, 1.82) is 0 Å². The summed E-state index contributed by atoms with van der Waals surface area (Å²) in [6.07, 6.45) is 0. The zero-order valence-electron chi connectivity index (χ0n) is 8.87. The van der Waals surface area contributed by atoms with Crippen LogP contribution in [0.3, 0.4) is 0 Å². The van der Waals surface area contributed by atoms with Crippen molar-refractivity contribution in [3.8, 4) is 0 Å². The van der Waals surface area contributed by atoms with Gasteiger partial charge in [-0.2, -0.15) is 0 Å². The number of fused-ring (bicyclic) bond motifs is 3. The molecule has 0 aliphatic carbocycles. The van der Waals surface area contributed by atoms with Gasteiger partial charge < -0.3 is 0 Å². The van der Waals surface area contributed by atoms with Crippen LogP contribution in [0.1, 0.15) is 0 Å². The van der Waals surface area contributed by atoms with Gasteiger partial charge in [-0.05, 0) is 17.5 Å². The van der Waals surface area contributed by atoms with Gasteiger partial charge in [0.25, 0.3) is 0 Å². The second kappa shape index (κ2) is 3.30. The molecule has 3 rings (SSSR count). The largest absolute Gasteiger partial charge is 0.135 e. The maximum Gasteiger partial charge on any atom is 0.0391 e. The van der Waals surface area contributed by atoms with Crippen LogP contribution in [0, 0.1) is 0 Å². The minimum absolute atomic E-state index is 1.17. The lowest BCUT2D eigenvalue weighted by Crippen LogP contribution is -2.25. The van der Waals surface area contributed by atoms with Crippen LogP contribution in [0.25, 0.3) is 20.2 Å². The zero-order valence-corrected chi connectivity index (χ0v) is 13.7. The number of benzene rings is 2. The Morgan fingerprint density at radius 3 is 2.53 bits per heavy atom. The molecule has 1 heterocycles. The topological polar surface area (TPSA) is 0 Å². The maximum atomic E-state index is 2.31. The molecule has 0 aliphatic heterocycles. The molecule has 0 saturated heterocycles. The number of thiophene rings is 1. The summed E-state index contributed by atoms with van der Waals surface area (Å²) in [4.78, 5) is 0. The Balaban J connectivity index is 2.63. The quantitative estimate of drug-likeness (QED) is 0.490. The monoisotopic (exact) mass is 244 g/mol. The third kappa shape index (κ3) is 1.31. The van der Waals surface area contributed by atoms with E-state index >= 15 is 0 Å². The first-order valence-electron chi connectivity index (χ1n) is 5.15. The average Bonchev–Trinajstić information content (AvgIpc) is 2.62. The first-order chi connectivity index (χ1) is 7.27. The van der Waals surface area contributed by atoms with E-state index in [4.69, 9.17) is 0 Å². The summed E-state index contributed by atoms with van der Waals surface area (Å²) < 4.78 is 2.89. The van der Waals surface area contributed by atoms with Gasteiger partial charge in [-0.1, -0.05) is 34.6 Å². The zero-order chi connectivity index (χ0) is 10.4. The van der Waals surface area contributed by atoms with Crippen molar-refractivity contribution < 1.29 is 0 Å². The first-order valence-corrected chi connectivity index (χ1v) is 7.96. The van der Waals surface area contributed by atoms with E-state index in [1.807, 2.05) is 11.3 Å². The van der Waals surface area contributed by atoms with Gasteiger partial charge in [-0.25, -0.2) is 0 Å². The van der Waals surface area contributed by atoms with Crippen molar-refractivity contribution in [2.24, 2.45) is 0 Å². The van der Waals surface area contributed by atoms with E-state index in [0.29, 0.717) is 0 Å². The third-order valence-corrected chi connectivity index (χ3v) is 7.58. The molecule has 0 spiro atoms. The molecule has 2 aromatic carbocycles. The molecule has 0 saturated carbocycles. The van der Waals surface area contributed by atoms with Crippen molar-refractivity contribution in [2.75, 3.05) is 0 Å². The van der Waals surface area contributed by atoms with Crippen molar-refractivity contribution in [2.45, 2.75) is 0 Å². The van der Waals surface area contributed by atoms with Gasteiger partial charge in [0.05, 0.1) is 0 Å².